The van der Waals surface area contributed by atoms with Crippen LogP contribution in [0.5, 0.6) is 0 Å². The molecule has 0 aromatic heterocycles. The molecule has 1 amide bonds. The minimum absolute atomic E-state index is 0.112. The Labute approximate surface area is 72.2 Å². The van der Waals surface area contributed by atoms with Gasteiger partial charge in [0.05, 0.1) is 19.1 Å². The van der Waals surface area contributed by atoms with Gasteiger partial charge in [-0.05, 0) is 19.3 Å². The predicted octanol–water partition coefficient (Wildman–Crippen LogP) is 0.623. The number of carbonyl (C=O) groups excluding carboxylic acids is 1. The number of carbonyl (C=O) groups is 1. The monoisotopic (exact) mass is 173 g/mol. The molecule has 1 saturated carbocycles. The van der Waals surface area contributed by atoms with Gasteiger partial charge in [0.15, 0.2) is 0 Å². The van der Waals surface area contributed by atoms with Crippen molar-refractivity contribution in [3.63, 3.8) is 0 Å². The highest BCUT2D eigenvalue weighted by molar-refractivity contribution is 5.76. The van der Waals surface area contributed by atoms with Crippen molar-refractivity contribution in [3.8, 4) is 0 Å². The fraction of sp³-hybridized carbons (Fsp3) is 0.875. The van der Waals surface area contributed by atoms with E-state index >= 15 is 0 Å². The van der Waals surface area contributed by atoms with Crippen LogP contribution in [0, 0.1) is 0 Å². The summed E-state index contributed by atoms with van der Waals surface area (Å²) in [6.07, 6.45) is 3.49. The van der Waals surface area contributed by atoms with Crippen LogP contribution in [0.2, 0.25) is 0 Å². The maximum absolute atomic E-state index is 11.1. The molecule has 1 N–H and O–H groups in total. The van der Waals surface area contributed by atoms with E-state index in [0.717, 1.165) is 19.3 Å². The van der Waals surface area contributed by atoms with E-state index in [1.807, 2.05) is 0 Å². The van der Waals surface area contributed by atoms with Gasteiger partial charge in [-0.25, -0.2) is 5.48 Å². The lowest BCUT2D eigenvalue weighted by molar-refractivity contribution is -0.143. The molecule has 1 fully saturated rings. The molecule has 0 aromatic rings. The maximum Gasteiger partial charge on any atom is 0.246 e. The van der Waals surface area contributed by atoms with Crippen molar-refractivity contribution < 1.29 is 14.4 Å². The number of hydrogen-bond donors (Lipinski definition) is 1. The number of methoxy groups -OCH3 is 1. The molecule has 70 valence electrons. The molecule has 0 unspecified atom stereocenters. The molecule has 1 aliphatic carbocycles. The summed E-state index contributed by atoms with van der Waals surface area (Å²) in [6.45, 7) is 0. The molecule has 0 bridgehead atoms. The Morgan fingerprint density at radius 1 is 1.50 bits per heavy atom. The van der Waals surface area contributed by atoms with Crippen LogP contribution in [0.4, 0.5) is 0 Å². The van der Waals surface area contributed by atoms with E-state index in [9.17, 15) is 4.79 Å². The van der Waals surface area contributed by atoms with Crippen LogP contribution in [0.15, 0.2) is 0 Å². The molecule has 0 radical (unpaired) electrons. The molecule has 0 aliphatic heterocycles. The first kappa shape index (κ1) is 9.48. The van der Waals surface area contributed by atoms with Crippen molar-refractivity contribution in [1.82, 2.24) is 5.48 Å². The van der Waals surface area contributed by atoms with Gasteiger partial charge in [0.2, 0.25) is 5.91 Å². The molecule has 12 heavy (non-hydrogen) atoms. The molecule has 0 saturated heterocycles. The molecule has 0 heterocycles. The lowest BCUT2D eigenvalue weighted by Crippen LogP contribution is -2.43. The lowest BCUT2D eigenvalue weighted by atomic mass is 9.77. The molecule has 1 aliphatic rings. The smallest absolute Gasteiger partial charge is 0.246 e. The van der Waals surface area contributed by atoms with E-state index in [0.29, 0.717) is 6.42 Å². The summed E-state index contributed by atoms with van der Waals surface area (Å²) in [6, 6.07) is 0. The Hall–Kier alpha value is -0.610. The SMILES string of the molecule is CONC(=O)CC1(OC)CCC1. The third-order valence-corrected chi connectivity index (χ3v) is 2.40. The second kappa shape index (κ2) is 3.87. The molecular weight excluding hydrogens is 158 g/mol. The molecule has 0 atom stereocenters. The first-order valence-electron chi connectivity index (χ1n) is 4.09. The van der Waals surface area contributed by atoms with Crippen molar-refractivity contribution in [3.05, 3.63) is 0 Å². The summed E-state index contributed by atoms with van der Waals surface area (Å²) in [5, 5.41) is 0. The highest BCUT2D eigenvalue weighted by atomic mass is 16.6. The Morgan fingerprint density at radius 2 is 2.17 bits per heavy atom. The molecule has 0 spiro atoms. The number of rotatable bonds is 4. The van der Waals surface area contributed by atoms with Gasteiger partial charge < -0.3 is 4.74 Å². The number of amides is 1. The highest BCUT2D eigenvalue weighted by Crippen LogP contribution is 2.37. The third kappa shape index (κ3) is 1.95. The normalized spacial score (nSPS) is 19.8. The zero-order valence-electron chi connectivity index (χ0n) is 7.55. The van der Waals surface area contributed by atoms with Crippen molar-refractivity contribution in [2.45, 2.75) is 31.3 Å². The topological polar surface area (TPSA) is 47.6 Å². The van der Waals surface area contributed by atoms with Crippen molar-refractivity contribution in [2.24, 2.45) is 0 Å². The largest absolute Gasteiger partial charge is 0.378 e. The van der Waals surface area contributed by atoms with Crippen LogP contribution in [-0.4, -0.2) is 25.7 Å². The summed E-state index contributed by atoms with van der Waals surface area (Å²) in [5.74, 6) is -0.112. The number of hydrogen-bond acceptors (Lipinski definition) is 3. The second-order valence-corrected chi connectivity index (χ2v) is 3.15. The first-order chi connectivity index (χ1) is 5.72. The summed E-state index contributed by atoms with van der Waals surface area (Å²) in [5.41, 5.74) is 2.08. The van der Waals surface area contributed by atoms with Crippen LogP contribution < -0.4 is 5.48 Å². The van der Waals surface area contributed by atoms with Gasteiger partial charge in [-0.1, -0.05) is 0 Å². The van der Waals surface area contributed by atoms with E-state index in [4.69, 9.17) is 4.74 Å². The molecular formula is C8H15NO3. The molecule has 0 aromatic carbocycles. The Morgan fingerprint density at radius 3 is 2.50 bits per heavy atom. The summed E-state index contributed by atoms with van der Waals surface area (Å²) < 4.78 is 5.27. The van der Waals surface area contributed by atoms with Gasteiger partial charge >= 0.3 is 0 Å². The zero-order chi connectivity index (χ0) is 9.03. The van der Waals surface area contributed by atoms with Gasteiger partial charge in [-0.3, -0.25) is 9.63 Å². The Balaban J connectivity index is 2.32. The number of hydroxylamine groups is 1. The number of ether oxygens (including phenoxy) is 1. The summed E-state index contributed by atoms with van der Waals surface area (Å²) in [4.78, 5) is 15.6. The van der Waals surface area contributed by atoms with Gasteiger partial charge in [0, 0.05) is 7.11 Å². The van der Waals surface area contributed by atoms with Crippen LogP contribution in [0.1, 0.15) is 25.7 Å². The predicted molar refractivity (Wildman–Crippen MR) is 43.4 cm³/mol. The third-order valence-electron chi connectivity index (χ3n) is 2.40. The number of nitrogens with one attached hydrogen (secondary N) is 1. The average Bonchev–Trinajstić information content (AvgIpc) is 1.97. The van der Waals surface area contributed by atoms with Crippen molar-refractivity contribution >= 4 is 5.91 Å². The summed E-state index contributed by atoms with van der Waals surface area (Å²) in [7, 11) is 3.08. The van der Waals surface area contributed by atoms with Gasteiger partial charge in [-0.2, -0.15) is 0 Å². The van der Waals surface area contributed by atoms with Gasteiger partial charge in [0.25, 0.3) is 0 Å². The van der Waals surface area contributed by atoms with Crippen LogP contribution in [0.25, 0.3) is 0 Å². The van der Waals surface area contributed by atoms with E-state index in [1.54, 1.807) is 7.11 Å². The van der Waals surface area contributed by atoms with E-state index < -0.39 is 0 Å². The average molecular weight is 173 g/mol. The van der Waals surface area contributed by atoms with Crippen molar-refractivity contribution in [2.75, 3.05) is 14.2 Å². The standard InChI is InChI=1S/C8H15NO3/c1-11-8(4-3-5-8)6-7(10)9-12-2/h3-6H2,1-2H3,(H,9,10). The van der Waals surface area contributed by atoms with E-state index in [2.05, 4.69) is 10.3 Å². The fourth-order valence-electron chi connectivity index (χ4n) is 1.47. The second-order valence-electron chi connectivity index (χ2n) is 3.15. The lowest BCUT2D eigenvalue weighted by Gasteiger charge is -2.39. The minimum Gasteiger partial charge on any atom is -0.378 e. The van der Waals surface area contributed by atoms with E-state index in [-0.39, 0.29) is 11.5 Å². The fourth-order valence-corrected chi connectivity index (χ4v) is 1.47. The molecule has 1 rings (SSSR count). The van der Waals surface area contributed by atoms with Crippen LogP contribution in [-0.2, 0) is 14.4 Å². The van der Waals surface area contributed by atoms with Crippen LogP contribution in [0.3, 0.4) is 0 Å². The van der Waals surface area contributed by atoms with Gasteiger partial charge in [-0.15, -0.1) is 0 Å². The molecule has 4 nitrogen and oxygen atoms in total. The first-order valence-corrected chi connectivity index (χ1v) is 4.09. The Bertz CT molecular complexity index is 160. The minimum atomic E-state index is -0.206. The quantitative estimate of drug-likeness (QED) is 0.634. The highest BCUT2D eigenvalue weighted by Gasteiger charge is 2.38. The Kier molecular flexibility index (Phi) is 3.05. The zero-order valence-corrected chi connectivity index (χ0v) is 7.55. The van der Waals surface area contributed by atoms with Gasteiger partial charge in [0.1, 0.15) is 0 Å². The van der Waals surface area contributed by atoms with E-state index in [1.165, 1.54) is 7.11 Å². The summed E-state index contributed by atoms with van der Waals surface area (Å²) >= 11 is 0. The van der Waals surface area contributed by atoms with Crippen molar-refractivity contribution in [1.29, 1.82) is 0 Å². The maximum atomic E-state index is 11.1. The van der Waals surface area contributed by atoms with Crippen LogP contribution >= 0.6 is 0 Å². The molecule has 4 heteroatoms.